The van der Waals surface area contributed by atoms with Gasteiger partial charge < -0.3 is 19.7 Å². The van der Waals surface area contributed by atoms with Crippen molar-refractivity contribution in [1.82, 2.24) is 10.2 Å². The molecule has 0 saturated carbocycles. The van der Waals surface area contributed by atoms with Crippen LogP contribution in [0.25, 0.3) is 0 Å². The van der Waals surface area contributed by atoms with Gasteiger partial charge in [0.2, 0.25) is 0 Å². The Morgan fingerprint density at radius 1 is 0.906 bits per heavy atom. The zero-order chi connectivity index (χ0) is 22.6. The normalized spacial score (nSPS) is 14.2. The number of piperazine rings is 1. The maximum Gasteiger partial charge on any atom is 0.251 e. The van der Waals surface area contributed by atoms with Crippen LogP contribution in [0.5, 0.6) is 11.5 Å². The highest BCUT2D eigenvalue weighted by atomic mass is 16.5. The van der Waals surface area contributed by atoms with Gasteiger partial charge in [0.15, 0.2) is 11.5 Å². The van der Waals surface area contributed by atoms with Gasteiger partial charge in [0.05, 0.1) is 13.2 Å². The van der Waals surface area contributed by atoms with E-state index in [0.29, 0.717) is 36.8 Å². The molecule has 1 heterocycles. The molecule has 0 radical (unpaired) electrons. The second-order valence-electron chi connectivity index (χ2n) is 8.13. The Hall–Kier alpha value is -2.73. The number of ether oxygens (including phenoxy) is 2. The van der Waals surface area contributed by atoms with E-state index < -0.39 is 0 Å². The Labute approximate surface area is 192 Å². The monoisotopic (exact) mass is 439 g/mol. The molecule has 6 heteroatoms. The number of carbonyl (C=O) groups is 1. The van der Waals surface area contributed by atoms with E-state index in [-0.39, 0.29) is 5.91 Å². The zero-order valence-electron chi connectivity index (χ0n) is 19.5. The van der Waals surface area contributed by atoms with Crippen LogP contribution in [0.2, 0.25) is 0 Å². The number of amides is 1. The number of benzene rings is 2. The molecular formula is C26H37N3O3. The molecule has 0 atom stereocenters. The van der Waals surface area contributed by atoms with E-state index in [1.807, 2.05) is 12.1 Å². The van der Waals surface area contributed by atoms with Crippen LogP contribution in [0.15, 0.2) is 48.5 Å². The SMILES string of the molecule is CCCOc1ccc(C(=O)NCCCN2CCN(c3ccccc3)CC2)cc1OCCC. The lowest BCUT2D eigenvalue weighted by atomic mass is 10.2. The highest BCUT2D eigenvalue weighted by molar-refractivity contribution is 5.94. The summed E-state index contributed by atoms with van der Waals surface area (Å²) in [6, 6.07) is 16.0. The predicted molar refractivity (Wildman–Crippen MR) is 130 cm³/mol. The van der Waals surface area contributed by atoms with Gasteiger partial charge in [-0.1, -0.05) is 32.0 Å². The fourth-order valence-electron chi connectivity index (χ4n) is 3.78. The van der Waals surface area contributed by atoms with Crippen molar-refractivity contribution in [3.63, 3.8) is 0 Å². The number of nitrogens with zero attached hydrogens (tertiary/aromatic N) is 2. The average molecular weight is 440 g/mol. The molecule has 174 valence electrons. The topological polar surface area (TPSA) is 54.0 Å². The van der Waals surface area contributed by atoms with Gasteiger partial charge in [-0.3, -0.25) is 9.69 Å². The van der Waals surface area contributed by atoms with Crippen molar-refractivity contribution in [2.24, 2.45) is 0 Å². The molecule has 1 amide bonds. The lowest BCUT2D eigenvalue weighted by Gasteiger charge is -2.36. The van der Waals surface area contributed by atoms with Crippen LogP contribution >= 0.6 is 0 Å². The molecule has 1 N–H and O–H groups in total. The molecule has 32 heavy (non-hydrogen) atoms. The van der Waals surface area contributed by atoms with Gasteiger partial charge >= 0.3 is 0 Å². The molecule has 0 aliphatic carbocycles. The van der Waals surface area contributed by atoms with Crippen LogP contribution < -0.4 is 19.7 Å². The first-order valence-corrected chi connectivity index (χ1v) is 11.9. The van der Waals surface area contributed by atoms with Crippen LogP contribution in [0.3, 0.4) is 0 Å². The number of carbonyl (C=O) groups excluding carboxylic acids is 1. The van der Waals surface area contributed by atoms with E-state index >= 15 is 0 Å². The Balaban J connectivity index is 1.41. The summed E-state index contributed by atoms with van der Waals surface area (Å²) >= 11 is 0. The number of hydrogen-bond donors (Lipinski definition) is 1. The van der Waals surface area contributed by atoms with E-state index in [9.17, 15) is 4.79 Å². The number of rotatable bonds is 12. The molecular weight excluding hydrogens is 402 g/mol. The van der Waals surface area contributed by atoms with Gasteiger partial charge in [-0.15, -0.1) is 0 Å². The Morgan fingerprint density at radius 3 is 2.28 bits per heavy atom. The quantitative estimate of drug-likeness (QED) is 0.502. The summed E-state index contributed by atoms with van der Waals surface area (Å²) in [5, 5.41) is 3.05. The fraction of sp³-hybridized carbons (Fsp3) is 0.500. The fourth-order valence-corrected chi connectivity index (χ4v) is 3.78. The molecule has 1 aliphatic rings. The minimum Gasteiger partial charge on any atom is -0.490 e. The average Bonchev–Trinajstić information content (AvgIpc) is 2.85. The molecule has 1 saturated heterocycles. The Morgan fingerprint density at radius 2 is 1.59 bits per heavy atom. The lowest BCUT2D eigenvalue weighted by molar-refractivity contribution is 0.0951. The van der Waals surface area contributed by atoms with Crippen molar-refractivity contribution in [3.8, 4) is 11.5 Å². The molecule has 0 aromatic heterocycles. The molecule has 3 rings (SSSR count). The van der Waals surface area contributed by atoms with Gasteiger partial charge in [0.25, 0.3) is 5.91 Å². The van der Waals surface area contributed by atoms with Crippen LogP contribution in [0.1, 0.15) is 43.5 Å². The molecule has 0 spiro atoms. The van der Waals surface area contributed by atoms with E-state index in [1.165, 1.54) is 5.69 Å². The van der Waals surface area contributed by atoms with Gasteiger partial charge in [-0.05, 0) is 56.1 Å². The van der Waals surface area contributed by atoms with Crippen molar-refractivity contribution in [1.29, 1.82) is 0 Å². The van der Waals surface area contributed by atoms with Gasteiger partial charge in [0.1, 0.15) is 0 Å². The van der Waals surface area contributed by atoms with Crippen LogP contribution in [0.4, 0.5) is 5.69 Å². The highest BCUT2D eigenvalue weighted by Crippen LogP contribution is 2.29. The maximum atomic E-state index is 12.6. The smallest absolute Gasteiger partial charge is 0.251 e. The van der Waals surface area contributed by atoms with Gasteiger partial charge in [0, 0.05) is 44.0 Å². The molecule has 1 fully saturated rings. The first-order chi connectivity index (χ1) is 15.7. The molecule has 0 unspecified atom stereocenters. The van der Waals surface area contributed by atoms with Crippen LogP contribution in [-0.4, -0.2) is 63.3 Å². The van der Waals surface area contributed by atoms with Gasteiger partial charge in [-0.25, -0.2) is 0 Å². The van der Waals surface area contributed by atoms with Gasteiger partial charge in [-0.2, -0.15) is 0 Å². The van der Waals surface area contributed by atoms with Crippen molar-refractivity contribution in [3.05, 3.63) is 54.1 Å². The van der Waals surface area contributed by atoms with Crippen molar-refractivity contribution < 1.29 is 14.3 Å². The van der Waals surface area contributed by atoms with Crippen molar-refractivity contribution in [2.45, 2.75) is 33.1 Å². The summed E-state index contributed by atoms with van der Waals surface area (Å²) in [4.78, 5) is 17.5. The second-order valence-corrected chi connectivity index (χ2v) is 8.13. The minimum absolute atomic E-state index is 0.0673. The molecule has 6 nitrogen and oxygen atoms in total. The van der Waals surface area contributed by atoms with E-state index in [1.54, 1.807) is 6.07 Å². The summed E-state index contributed by atoms with van der Waals surface area (Å²) in [6.07, 6.45) is 2.77. The number of nitrogens with one attached hydrogen (secondary N) is 1. The summed E-state index contributed by atoms with van der Waals surface area (Å²) in [6.45, 7) is 11.2. The van der Waals surface area contributed by atoms with E-state index in [0.717, 1.165) is 52.0 Å². The lowest BCUT2D eigenvalue weighted by Crippen LogP contribution is -2.47. The van der Waals surface area contributed by atoms with E-state index in [4.69, 9.17) is 9.47 Å². The maximum absolute atomic E-state index is 12.6. The molecule has 2 aromatic carbocycles. The first kappa shape index (κ1) is 23.9. The molecule has 0 bridgehead atoms. The van der Waals surface area contributed by atoms with Crippen LogP contribution in [0, 0.1) is 0 Å². The molecule has 2 aromatic rings. The predicted octanol–water partition coefficient (Wildman–Crippen LogP) is 4.21. The third kappa shape index (κ3) is 7.16. The summed E-state index contributed by atoms with van der Waals surface area (Å²) in [5.41, 5.74) is 1.91. The molecule has 1 aliphatic heterocycles. The van der Waals surface area contributed by atoms with E-state index in [2.05, 4.69) is 59.3 Å². The third-order valence-corrected chi connectivity index (χ3v) is 5.56. The summed E-state index contributed by atoms with van der Waals surface area (Å²) in [7, 11) is 0. The number of para-hydroxylation sites is 1. The van der Waals surface area contributed by atoms with Crippen molar-refractivity contribution >= 4 is 11.6 Å². The number of anilines is 1. The Kier molecular flexibility index (Phi) is 9.69. The number of hydrogen-bond acceptors (Lipinski definition) is 5. The Bertz CT molecular complexity index is 820. The van der Waals surface area contributed by atoms with Crippen LogP contribution in [-0.2, 0) is 0 Å². The largest absolute Gasteiger partial charge is 0.490 e. The third-order valence-electron chi connectivity index (χ3n) is 5.56. The standard InChI is InChI=1S/C26H37N3O3/c1-3-19-31-24-12-11-22(21-25(24)32-20-4-2)26(30)27-13-8-14-28-15-17-29(18-16-28)23-9-6-5-7-10-23/h5-7,9-12,21H,3-4,8,13-20H2,1-2H3,(H,27,30). The first-order valence-electron chi connectivity index (χ1n) is 11.9. The minimum atomic E-state index is -0.0673. The second kappa shape index (κ2) is 13.0. The zero-order valence-corrected chi connectivity index (χ0v) is 19.5. The highest BCUT2D eigenvalue weighted by Gasteiger charge is 2.17. The summed E-state index contributed by atoms with van der Waals surface area (Å²) in [5.74, 6) is 1.28. The van der Waals surface area contributed by atoms with Crippen molar-refractivity contribution in [2.75, 3.05) is 57.4 Å². The summed E-state index contributed by atoms with van der Waals surface area (Å²) < 4.78 is 11.6.